The zero-order chi connectivity index (χ0) is 14.4. The van der Waals surface area contributed by atoms with Crippen LogP contribution in [0, 0.1) is 12.3 Å². The van der Waals surface area contributed by atoms with Crippen LogP contribution in [0.15, 0.2) is 0 Å². The van der Waals surface area contributed by atoms with E-state index in [1.54, 1.807) is 4.90 Å². The van der Waals surface area contributed by atoms with Crippen LogP contribution in [0.2, 0.25) is 0 Å². The quantitative estimate of drug-likeness (QED) is 0.735. The number of rotatable bonds is 5. The van der Waals surface area contributed by atoms with E-state index in [1.165, 1.54) is 13.8 Å². The molecule has 0 saturated carbocycles. The Balaban J connectivity index is 2.64. The van der Waals surface area contributed by atoms with Gasteiger partial charge in [0.25, 0.3) is 0 Å². The second-order valence-electron chi connectivity index (χ2n) is 4.79. The first-order chi connectivity index (χ1) is 8.97. The van der Waals surface area contributed by atoms with Crippen LogP contribution >= 0.6 is 0 Å². The molecular formula is C14H20N2O3. The molecule has 2 atom stereocenters. The first kappa shape index (κ1) is 15.2. The van der Waals surface area contributed by atoms with Gasteiger partial charge in [-0.2, -0.15) is 0 Å². The molecule has 5 nitrogen and oxygen atoms in total. The number of carbonyl (C=O) groups excluding carboxylic acids is 3. The molecule has 5 heteroatoms. The van der Waals surface area contributed by atoms with Gasteiger partial charge in [-0.1, -0.05) is 0 Å². The Morgan fingerprint density at radius 1 is 1.42 bits per heavy atom. The highest BCUT2D eigenvalue weighted by atomic mass is 16.2. The Bertz CT molecular complexity index is 411. The zero-order valence-electron chi connectivity index (χ0n) is 11.4. The standard InChI is InChI=1S/C14H20N2O3/c1-4-5-7-12(10(2)17)15-14(19)13-8-6-9-16(13)11(3)18/h1,12-13H,5-9H2,2-3H3,(H,15,19). The Hall–Kier alpha value is -1.83. The highest BCUT2D eigenvalue weighted by molar-refractivity contribution is 5.92. The van der Waals surface area contributed by atoms with E-state index < -0.39 is 12.1 Å². The number of nitrogens with one attached hydrogen (secondary N) is 1. The lowest BCUT2D eigenvalue weighted by molar-refractivity contribution is -0.137. The van der Waals surface area contributed by atoms with Gasteiger partial charge in [0.1, 0.15) is 6.04 Å². The van der Waals surface area contributed by atoms with Gasteiger partial charge >= 0.3 is 0 Å². The molecule has 1 saturated heterocycles. The molecule has 19 heavy (non-hydrogen) atoms. The van der Waals surface area contributed by atoms with Gasteiger partial charge in [0.05, 0.1) is 6.04 Å². The molecule has 1 fully saturated rings. The third-order valence-electron chi connectivity index (χ3n) is 3.34. The van der Waals surface area contributed by atoms with Crippen molar-refractivity contribution >= 4 is 17.6 Å². The molecule has 0 aromatic heterocycles. The van der Waals surface area contributed by atoms with Crippen molar-refractivity contribution in [1.29, 1.82) is 0 Å². The molecule has 1 heterocycles. The van der Waals surface area contributed by atoms with Crippen LogP contribution in [0.1, 0.15) is 39.5 Å². The second kappa shape index (κ2) is 6.93. The van der Waals surface area contributed by atoms with E-state index in [0.29, 0.717) is 25.8 Å². The van der Waals surface area contributed by atoms with Crippen LogP contribution in [0.3, 0.4) is 0 Å². The van der Waals surface area contributed by atoms with E-state index in [4.69, 9.17) is 6.42 Å². The van der Waals surface area contributed by atoms with Crippen molar-refractivity contribution in [2.75, 3.05) is 6.54 Å². The van der Waals surface area contributed by atoms with E-state index in [0.717, 1.165) is 6.42 Å². The van der Waals surface area contributed by atoms with E-state index in [-0.39, 0.29) is 17.6 Å². The topological polar surface area (TPSA) is 66.5 Å². The van der Waals surface area contributed by atoms with Crippen LogP contribution in [-0.4, -0.2) is 41.1 Å². The van der Waals surface area contributed by atoms with Crippen molar-refractivity contribution in [3.63, 3.8) is 0 Å². The molecule has 1 aliphatic heterocycles. The van der Waals surface area contributed by atoms with Crippen molar-refractivity contribution in [2.24, 2.45) is 0 Å². The van der Waals surface area contributed by atoms with E-state index in [9.17, 15) is 14.4 Å². The van der Waals surface area contributed by atoms with Crippen molar-refractivity contribution in [1.82, 2.24) is 10.2 Å². The van der Waals surface area contributed by atoms with Crippen molar-refractivity contribution in [3.05, 3.63) is 0 Å². The predicted octanol–water partition coefficient (Wildman–Crippen LogP) is 0.484. The molecule has 104 valence electrons. The van der Waals surface area contributed by atoms with E-state index >= 15 is 0 Å². The third-order valence-corrected chi connectivity index (χ3v) is 3.34. The van der Waals surface area contributed by atoms with Crippen LogP contribution in [0.5, 0.6) is 0 Å². The second-order valence-corrected chi connectivity index (χ2v) is 4.79. The maximum absolute atomic E-state index is 12.1. The minimum absolute atomic E-state index is 0.111. The van der Waals surface area contributed by atoms with Gasteiger partial charge in [0, 0.05) is 19.9 Å². The van der Waals surface area contributed by atoms with Gasteiger partial charge in [-0.15, -0.1) is 12.3 Å². The third kappa shape index (κ3) is 4.09. The zero-order valence-corrected chi connectivity index (χ0v) is 11.4. The molecule has 0 aromatic rings. The lowest BCUT2D eigenvalue weighted by Crippen LogP contribution is -2.50. The van der Waals surface area contributed by atoms with Crippen molar-refractivity contribution in [3.8, 4) is 12.3 Å². The summed E-state index contributed by atoms with van der Waals surface area (Å²) in [7, 11) is 0. The molecule has 2 amide bonds. The molecular weight excluding hydrogens is 244 g/mol. The van der Waals surface area contributed by atoms with E-state index in [2.05, 4.69) is 11.2 Å². The first-order valence-electron chi connectivity index (χ1n) is 6.49. The number of likely N-dealkylation sites (tertiary alicyclic amines) is 1. The summed E-state index contributed by atoms with van der Waals surface area (Å²) in [5.74, 6) is 1.97. The molecule has 0 radical (unpaired) electrons. The molecule has 0 spiro atoms. The van der Waals surface area contributed by atoms with Gasteiger partial charge < -0.3 is 10.2 Å². The normalized spacial score (nSPS) is 19.6. The number of terminal acetylenes is 1. The largest absolute Gasteiger partial charge is 0.344 e. The van der Waals surface area contributed by atoms with Gasteiger partial charge in [0.2, 0.25) is 11.8 Å². The summed E-state index contributed by atoms with van der Waals surface area (Å²) in [6.45, 7) is 3.48. The van der Waals surface area contributed by atoms with Crippen LogP contribution in [0.4, 0.5) is 0 Å². The summed E-state index contributed by atoms with van der Waals surface area (Å²) >= 11 is 0. The Morgan fingerprint density at radius 3 is 2.63 bits per heavy atom. The molecule has 0 aromatic carbocycles. The lowest BCUT2D eigenvalue weighted by Gasteiger charge is -2.24. The summed E-state index contributed by atoms with van der Waals surface area (Å²) in [5.41, 5.74) is 0. The molecule has 1 N–H and O–H groups in total. The Labute approximate surface area is 113 Å². The Kier molecular flexibility index (Phi) is 5.56. The fraction of sp³-hybridized carbons (Fsp3) is 0.643. The first-order valence-corrected chi connectivity index (χ1v) is 6.49. The summed E-state index contributed by atoms with van der Waals surface area (Å²) in [6, 6.07) is -1.01. The Morgan fingerprint density at radius 2 is 2.11 bits per heavy atom. The monoisotopic (exact) mass is 264 g/mol. The highest BCUT2D eigenvalue weighted by Crippen LogP contribution is 2.17. The lowest BCUT2D eigenvalue weighted by atomic mass is 10.1. The van der Waals surface area contributed by atoms with E-state index in [1.807, 2.05) is 0 Å². The highest BCUT2D eigenvalue weighted by Gasteiger charge is 2.33. The molecule has 0 aliphatic carbocycles. The maximum atomic E-state index is 12.1. The van der Waals surface area contributed by atoms with Crippen LogP contribution < -0.4 is 5.32 Å². The van der Waals surface area contributed by atoms with Crippen molar-refractivity contribution in [2.45, 2.75) is 51.6 Å². The minimum atomic E-state index is -0.557. The summed E-state index contributed by atoms with van der Waals surface area (Å²) < 4.78 is 0. The number of carbonyl (C=O) groups is 3. The van der Waals surface area contributed by atoms with Crippen molar-refractivity contribution < 1.29 is 14.4 Å². The number of hydrogen-bond acceptors (Lipinski definition) is 3. The maximum Gasteiger partial charge on any atom is 0.243 e. The number of hydrogen-bond donors (Lipinski definition) is 1. The smallest absolute Gasteiger partial charge is 0.243 e. The summed E-state index contributed by atoms with van der Waals surface area (Å²) in [4.78, 5) is 36.5. The van der Waals surface area contributed by atoms with Crippen LogP contribution in [0.25, 0.3) is 0 Å². The van der Waals surface area contributed by atoms with Crippen LogP contribution in [-0.2, 0) is 14.4 Å². The minimum Gasteiger partial charge on any atom is -0.344 e. The SMILES string of the molecule is C#CCCC(NC(=O)C1CCCN1C(C)=O)C(C)=O. The fourth-order valence-electron chi connectivity index (χ4n) is 2.29. The molecule has 2 unspecified atom stereocenters. The number of ketones is 1. The number of nitrogens with zero attached hydrogens (tertiary/aromatic N) is 1. The fourth-order valence-corrected chi connectivity index (χ4v) is 2.29. The molecule has 0 bridgehead atoms. The predicted molar refractivity (Wildman–Crippen MR) is 71.1 cm³/mol. The summed E-state index contributed by atoms with van der Waals surface area (Å²) in [6.07, 6.45) is 7.49. The summed E-state index contributed by atoms with van der Waals surface area (Å²) in [5, 5.41) is 2.70. The average molecular weight is 264 g/mol. The number of amides is 2. The van der Waals surface area contributed by atoms with Gasteiger partial charge in [-0.25, -0.2) is 0 Å². The molecule has 1 aliphatic rings. The van der Waals surface area contributed by atoms with Gasteiger partial charge in [-0.3, -0.25) is 14.4 Å². The number of Topliss-reactive ketones (excluding diaryl/α,β-unsaturated/α-hetero) is 1. The van der Waals surface area contributed by atoms with Gasteiger partial charge in [-0.05, 0) is 26.2 Å². The van der Waals surface area contributed by atoms with Gasteiger partial charge in [0.15, 0.2) is 5.78 Å². The average Bonchev–Trinajstić information content (AvgIpc) is 2.83. The molecule has 1 rings (SSSR count).